The summed E-state index contributed by atoms with van der Waals surface area (Å²) in [6.07, 6.45) is 3.36. The number of fused-ring (bicyclic) bond motifs is 1. The third-order valence-electron chi connectivity index (χ3n) is 4.61. The van der Waals surface area contributed by atoms with E-state index in [0.717, 1.165) is 41.1 Å². The van der Waals surface area contributed by atoms with Gasteiger partial charge in [0.05, 0.1) is 5.69 Å². The van der Waals surface area contributed by atoms with Gasteiger partial charge in [0.15, 0.2) is 5.65 Å². The number of anilines is 1. The molecule has 0 radical (unpaired) electrons. The maximum atomic E-state index is 11.8. The number of carbonyl (C=O) groups is 1. The fourth-order valence-corrected chi connectivity index (χ4v) is 3.27. The third-order valence-corrected chi connectivity index (χ3v) is 4.61. The molecule has 2 aromatic heterocycles. The molecule has 1 saturated heterocycles. The molecule has 1 aliphatic heterocycles. The van der Waals surface area contributed by atoms with Crippen LogP contribution in [0.25, 0.3) is 11.2 Å². The number of aromatic nitrogens is 3. The van der Waals surface area contributed by atoms with Gasteiger partial charge in [-0.3, -0.25) is 4.79 Å². The minimum absolute atomic E-state index is 0.253. The van der Waals surface area contributed by atoms with E-state index in [-0.39, 0.29) is 5.91 Å². The van der Waals surface area contributed by atoms with Gasteiger partial charge in [-0.2, -0.15) is 0 Å². The van der Waals surface area contributed by atoms with Gasteiger partial charge in [0, 0.05) is 32.3 Å². The highest BCUT2D eigenvalue weighted by molar-refractivity contribution is 5.78. The molecule has 0 atom stereocenters. The van der Waals surface area contributed by atoms with Gasteiger partial charge in [-0.25, -0.2) is 15.0 Å². The number of pyridine rings is 1. The van der Waals surface area contributed by atoms with E-state index in [4.69, 9.17) is 0 Å². The first kappa shape index (κ1) is 16.4. The minimum atomic E-state index is 0.253. The zero-order chi connectivity index (χ0) is 17.9. The molecule has 1 N–H and O–H groups in total. The van der Waals surface area contributed by atoms with Crippen LogP contribution in [0.1, 0.15) is 29.7 Å². The number of amides is 1. The standard InChI is InChI=1S/C20H21N5O/c1-14-19(24-20-17(23-14)7-3-9-21-20)22-12-15-5-2-6-16(11-15)13-25-10-4-8-18(25)26/h2-3,5-7,9,11H,4,8,10,12-13H2,1H3,(H,21,22,24). The molecular formula is C20H21N5O. The lowest BCUT2D eigenvalue weighted by atomic mass is 10.1. The fraction of sp³-hybridized carbons (Fsp3) is 0.300. The van der Waals surface area contributed by atoms with Gasteiger partial charge in [0.1, 0.15) is 11.3 Å². The lowest BCUT2D eigenvalue weighted by molar-refractivity contribution is -0.128. The van der Waals surface area contributed by atoms with Crippen LogP contribution in [0.2, 0.25) is 0 Å². The van der Waals surface area contributed by atoms with Gasteiger partial charge >= 0.3 is 0 Å². The Balaban J connectivity index is 1.47. The average molecular weight is 347 g/mol. The van der Waals surface area contributed by atoms with Gasteiger partial charge in [-0.1, -0.05) is 24.3 Å². The Morgan fingerprint density at radius 3 is 2.88 bits per heavy atom. The zero-order valence-corrected chi connectivity index (χ0v) is 14.8. The molecule has 26 heavy (non-hydrogen) atoms. The van der Waals surface area contributed by atoms with E-state index >= 15 is 0 Å². The first-order chi connectivity index (χ1) is 12.7. The van der Waals surface area contributed by atoms with E-state index in [1.165, 1.54) is 0 Å². The number of aryl methyl sites for hydroxylation is 1. The molecule has 1 aliphatic rings. The summed E-state index contributed by atoms with van der Waals surface area (Å²) in [5, 5.41) is 3.36. The van der Waals surface area contributed by atoms with Crippen molar-refractivity contribution in [1.29, 1.82) is 0 Å². The second-order valence-electron chi connectivity index (χ2n) is 6.60. The van der Waals surface area contributed by atoms with E-state index in [0.29, 0.717) is 25.2 Å². The van der Waals surface area contributed by atoms with Gasteiger partial charge in [-0.05, 0) is 36.6 Å². The normalized spacial score (nSPS) is 14.2. The van der Waals surface area contributed by atoms with E-state index in [9.17, 15) is 4.79 Å². The monoisotopic (exact) mass is 347 g/mol. The Labute approximate surface area is 152 Å². The second kappa shape index (κ2) is 7.07. The maximum absolute atomic E-state index is 11.8. The molecule has 0 saturated carbocycles. The van der Waals surface area contributed by atoms with Gasteiger partial charge in [0.25, 0.3) is 0 Å². The van der Waals surface area contributed by atoms with Crippen molar-refractivity contribution < 1.29 is 4.79 Å². The second-order valence-corrected chi connectivity index (χ2v) is 6.60. The largest absolute Gasteiger partial charge is 0.364 e. The molecule has 0 bridgehead atoms. The van der Waals surface area contributed by atoms with Crippen molar-refractivity contribution in [3.05, 3.63) is 59.4 Å². The van der Waals surface area contributed by atoms with Crippen LogP contribution in [-0.4, -0.2) is 32.3 Å². The molecule has 1 aromatic carbocycles. The summed E-state index contributed by atoms with van der Waals surface area (Å²) < 4.78 is 0. The quantitative estimate of drug-likeness (QED) is 0.768. The van der Waals surface area contributed by atoms with E-state index in [1.54, 1.807) is 6.20 Å². The van der Waals surface area contributed by atoms with Crippen molar-refractivity contribution in [3.8, 4) is 0 Å². The van der Waals surface area contributed by atoms with Crippen molar-refractivity contribution in [2.45, 2.75) is 32.9 Å². The highest BCUT2D eigenvalue weighted by atomic mass is 16.2. The number of nitrogens with zero attached hydrogens (tertiary/aromatic N) is 4. The highest BCUT2D eigenvalue weighted by Crippen LogP contribution is 2.17. The van der Waals surface area contributed by atoms with Crippen LogP contribution >= 0.6 is 0 Å². The van der Waals surface area contributed by atoms with E-state index in [1.807, 2.05) is 30.0 Å². The molecule has 1 fully saturated rings. The molecule has 3 aromatic rings. The molecule has 6 nitrogen and oxygen atoms in total. The first-order valence-electron chi connectivity index (χ1n) is 8.88. The molecule has 4 rings (SSSR count). The first-order valence-corrected chi connectivity index (χ1v) is 8.88. The third kappa shape index (κ3) is 3.49. The van der Waals surface area contributed by atoms with E-state index in [2.05, 4.69) is 38.5 Å². The summed E-state index contributed by atoms with van der Waals surface area (Å²) in [5.74, 6) is 0.999. The lowest BCUT2D eigenvalue weighted by Gasteiger charge is -2.16. The molecule has 0 aliphatic carbocycles. The molecule has 6 heteroatoms. The van der Waals surface area contributed by atoms with Crippen molar-refractivity contribution in [3.63, 3.8) is 0 Å². The topological polar surface area (TPSA) is 71.0 Å². The molecular weight excluding hydrogens is 326 g/mol. The Bertz CT molecular complexity index is 956. The van der Waals surface area contributed by atoms with Crippen LogP contribution in [-0.2, 0) is 17.9 Å². The number of rotatable bonds is 5. The van der Waals surface area contributed by atoms with Gasteiger partial charge in [0.2, 0.25) is 5.91 Å². The zero-order valence-electron chi connectivity index (χ0n) is 14.8. The van der Waals surface area contributed by atoms with Crippen molar-refractivity contribution >= 4 is 22.9 Å². The highest BCUT2D eigenvalue weighted by Gasteiger charge is 2.19. The molecule has 3 heterocycles. The van der Waals surface area contributed by atoms with E-state index < -0.39 is 0 Å². The molecule has 1 amide bonds. The lowest BCUT2D eigenvalue weighted by Crippen LogP contribution is -2.23. The summed E-state index contributed by atoms with van der Waals surface area (Å²) in [4.78, 5) is 27.1. The van der Waals surface area contributed by atoms with Crippen LogP contribution in [0.15, 0.2) is 42.6 Å². The van der Waals surface area contributed by atoms with Gasteiger partial charge < -0.3 is 10.2 Å². The smallest absolute Gasteiger partial charge is 0.222 e. The summed E-state index contributed by atoms with van der Waals surface area (Å²) in [7, 11) is 0. The molecule has 132 valence electrons. The van der Waals surface area contributed by atoms with Crippen LogP contribution in [0, 0.1) is 6.92 Å². The van der Waals surface area contributed by atoms with Crippen molar-refractivity contribution in [2.75, 3.05) is 11.9 Å². The Kier molecular flexibility index (Phi) is 4.48. The predicted octanol–water partition coefficient (Wildman–Crippen LogP) is 3.07. The molecule has 0 spiro atoms. The summed E-state index contributed by atoms with van der Waals surface area (Å²) in [5.41, 5.74) is 4.60. The van der Waals surface area contributed by atoms with Crippen molar-refractivity contribution in [2.24, 2.45) is 0 Å². The summed E-state index contributed by atoms with van der Waals surface area (Å²) in [6.45, 7) is 4.14. The molecule has 0 unspecified atom stereocenters. The number of benzene rings is 1. The van der Waals surface area contributed by atoms with Crippen LogP contribution in [0.4, 0.5) is 5.82 Å². The average Bonchev–Trinajstić information content (AvgIpc) is 3.05. The van der Waals surface area contributed by atoms with Crippen LogP contribution in [0.5, 0.6) is 0 Å². The number of likely N-dealkylation sites (tertiary alicyclic amines) is 1. The number of hydrogen-bond acceptors (Lipinski definition) is 5. The van der Waals surface area contributed by atoms with Crippen LogP contribution in [0.3, 0.4) is 0 Å². The van der Waals surface area contributed by atoms with Gasteiger partial charge in [-0.15, -0.1) is 0 Å². The van der Waals surface area contributed by atoms with Crippen LogP contribution < -0.4 is 5.32 Å². The maximum Gasteiger partial charge on any atom is 0.222 e. The summed E-state index contributed by atoms with van der Waals surface area (Å²) >= 11 is 0. The fourth-order valence-electron chi connectivity index (χ4n) is 3.27. The SMILES string of the molecule is Cc1nc2cccnc2nc1NCc1cccc(CN2CCCC2=O)c1. The predicted molar refractivity (Wildman–Crippen MR) is 100 cm³/mol. The Hall–Kier alpha value is -3.02. The number of nitrogens with one attached hydrogen (secondary N) is 1. The summed E-state index contributed by atoms with van der Waals surface area (Å²) in [6, 6.07) is 12.1. The number of carbonyl (C=O) groups excluding carboxylic acids is 1. The Morgan fingerprint density at radius 1 is 1.15 bits per heavy atom. The Morgan fingerprint density at radius 2 is 2.04 bits per heavy atom. The number of hydrogen-bond donors (Lipinski definition) is 1. The van der Waals surface area contributed by atoms with Crippen molar-refractivity contribution in [1.82, 2.24) is 19.9 Å². The minimum Gasteiger partial charge on any atom is -0.364 e.